The number of aromatic nitrogens is 3. The van der Waals surface area contributed by atoms with Gasteiger partial charge >= 0.3 is 0 Å². The highest BCUT2D eigenvalue weighted by atomic mass is 35.5. The lowest BCUT2D eigenvalue weighted by molar-refractivity contribution is 0.300. The van der Waals surface area contributed by atoms with Crippen molar-refractivity contribution in [1.82, 2.24) is 15.0 Å². The van der Waals surface area contributed by atoms with Crippen LogP contribution < -0.4 is 10.5 Å². The van der Waals surface area contributed by atoms with Gasteiger partial charge in [-0.15, -0.1) is 0 Å². The molecule has 0 unspecified atom stereocenters. The van der Waals surface area contributed by atoms with E-state index in [0.29, 0.717) is 33.0 Å². The number of hydrogen-bond acceptors (Lipinski definition) is 5. The van der Waals surface area contributed by atoms with Crippen LogP contribution in [0.15, 0.2) is 42.5 Å². The lowest BCUT2D eigenvalue weighted by Crippen LogP contribution is -2.05. The summed E-state index contributed by atoms with van der Waals surface area (Å²) in [5.41, 5.74) is 8.23. The van der Waals surface area contributed by atoms with Crippen molar-refractivity contribution < 1.29 is 4.74 Å². The Morgan fingerprint density at radius 3 is 2.62 bits per heavy atom. The normalized spacial score (nSPS) is 11.2. The summed E-state index contributed by atoms with van der Waals surface area (Å²) in [6, 6.07) is 13.0. The van der Waals surface area contributed by atoms with Gasteiger partial charge in [0.15, 0.2) is 11.6 Å². The molecule has 0 amide bonds. The average Bonchev–Trinajstić information content (AvgIpc) is 2.61. The van der Waals surface area contributed by atoms with Crippen molar-refractivity contribution in [2.24, 2.45) is 0 Å². The molecule has 0 fully saturated rings. The molecule has 2 heterocycles. The predicted molar refractivity (Wildman–Crippen MR) is 105 cm³/mol. The summed E-state index contributed by atoms with van der Waals surface area (Å²) in [6.07, 6.45) is 0. The third kappa shape index (κ3) is 3.00. The SMILES string of the molecule is Cc1ccc2c(Cl)cc(Cl)c(OCc3nc(N)c4ccccc4n3)c2n1. The van der Waals surface area contributed by atoms with Gasteiger partial charge in [-0.3, -0.25) is 0 Å². The highest BCUT2D eigenvalue weighted by Crippen LogP contribution is 2.37. The van der Waals surface area contributed by atoms with E-state index in [0.717, 1.165) is 22.0 Å². The number of benzene rings is 2. The van der Waals surface area contributed by atoms with Crippen LogP contribution in [-0.4, -0.2) is 15.0 Å². The number of nitrogens with zero attached hydrogens (tertiary/aromatic N) is 3. The van der Waals surface area contributed by atoms with E-state index in [4.69, 9.17) is 33.7 Å². The van der Waals surface area contributed by atoms with Crippen molar-refractivity contribution in [3.63, 3.8) is 0 Å². The first-order chi connectivity index (χ1) is 12.5. The summed E-state index contributed by atoms with van der Waals surface area (Å²) >= 11 is 12.6. The van der Waals surface area contributed by atoms with Crippen molar-refractivity contribution in [3.8, 4) is 5.75 Å². The van der Waals surface area contributed by atoms with Crippen LogP contribution >= 0.6 is 23.2 Å². The van der Waals surface area contributed by atoms with E-state index >= 15 is 0 Å². The molecule has 7 heteroatoms. The Morgan fingerprint density at radius 2 is 1.77 bits per heavy atom. The molecule has 26 heavy (non-hydrogen) atoms. The van der Waals surface area contributed by atoms with Crippen LogP contribution in [0.25, 0.3) is 21.8 Å². The number of nitrogens with two attached hydrogens (primary N) is 1. The van der Waals surface area contributed by atoms with Crippen molar-refractivity contribution in [2.75, 3.05) is 5.73 Å². The first-order valence-corrected chi connectivity index (χ1v) is 8.68. The average molecular weight is 385 g/mol. The van der Waals surface area contributed by atoms with Crippen molar-refractivity contribution >= 4 is 50.8 Å². The van der Waals surface area contributed by atoms with E-state index in [1.54, 1.807) is 6.07 Å². The Bertz CT molecular complexity index is 1150. The summed E-state index contributed by atoms with van der Waals surface area (Å²) in [7, 11) is 0. The number of fused-ring (bicyclic) bond motifs is 2. The van der Waals surface area contributed by atoms with Crippen LogP contribution in [0.2, 0.25) is 10.0 Å². The van der Waals surface area contributed by atoms with E-state index < -0.39 is 0 Å². The number of pyridine rings is 1. The van der Waals surface area contributed by atoms with E-state index in [-0.39, 0.29) is 6.61 Å². The van der Waals surface area contributed by atoms with Crippen LogP contribution in [0.1, 0.15) is 11.5 Å². The smallest absolute Gasteiger partial charge is 0.168 e. The summed E-state index contributed by atoms with van der Waals surface area (Å²) in [5.74, 6) is 1.33. The topological polar surface area (TPSA) is 73.9 Å². The van der Waals surface area contributed by atoms with E-state index in [1.165, 1.54) is 0 Å². The van der Waals surface area contributed by atoms with Gasteiger partial charge in [-0.1, -0.05) is 35.3 Å². The summed E-state index contributed by atoms with van der Waals surface area (Å²) in [6.45, 7) is 2.01. The molecule has 0 spiro atoms. The molecule has 0 bridgehead atoms. The first-order valence-electron chi connectivity index (χ1n) is 7.92. The molecule has 0 aliphatic rings. The first kappa shape index (κ1) is 16.8. The number of rotatable bonds is 3. The van der Waals surface area contributed by atoms with Crippen LogP contribution in [0.5, 0.6) is 5.75 Å². The fourth-order valence-electron chi connectivity index (χ4n) is 2.78. The van der Waals surface area contributed by atoms with Gasteiger partial charge in [0.2, 0.25) is 0 Å². The number of aryl methyl sites for hydroxylation is 1. The zero-order valence-corrected chi connectivity index (χ0v) is 15.3. The Balaban J connectivity index is 1.73. The number of hydrogen-bond donors (Lipinski definition) is 1. The molecule has 4 rings (SSSR count). The van der Waals surface area contributed by atoms with Crippen LogP contribution in [-0.2, 0) is 6.61 Å². The van der Waals surface area contributed by atoms with Gasteiger partial charge in [-0.25, -0.2) is 15.0 Å². The van der Waals surface area contributed by atoms with Gasteiger partial charge in [-0.2, -0.15) is 0 Å². The molecular weight excluding hydrogens is 371 g/mol. The summed E-state index contributed by atoms with van der Waals surface area (Å²) < 4.78 is 5.92. The standard InChI is InChI=1S/C19H14Cl2N4O/c1-10-6-7-11-13(20)8-14(21)18(17(11)23-10)26-9-16-24-15-5-3-2-4-12(15)19(22)25-16/h2-8H,9H2,1H3,(H2,22,24,25). The molecule has 0 saturated carbocycles. The quantitative estimate of drug-likeness (QED) is 0.540. The highest BCUT2D eigenvalue weighted by Gasteiger charge is 2.14. The Morgan fingerprint density at radius 1 is 0.962 bits per heavy atom. The number of halogens is 2. The minimum Gasteiger partial charge on any atom is -0.482 e. The van der Waals surface area contributed by atoms with E-state index in [9.17, 15) is 0 Å². The van der Waals surface area contributed by atoms with E-state index in [2.05, 4.69) is 15.0 Å². The Labute approximate surface area is 159 Å². The molecule has 0 aliphatic carbocycles. The van der Waals surface area contributed by atoms with Crippen molar-refractivity contribution in [3.05, 3.63) is 64.0 Å². The molecule has 2 aromatic carbocycles. The summed E-state index contributed by atoms with van der Waals surface area (Å²) in [4.78, 5) is 13.3. The monoisotopic (exact) mass is 384 g/mol. The molecule has 0 aliphatic heterocycles. The number of ether oxygens (including phenoxy) is 1. The molecule has 130 valence electrons. The highest BCUT2D eigenvalue weighted by molar-refractivity contribution is 6.39. The van der Waals surface area contributed by atoms with Gasteiger partial charge in [-0.05, 0) is 37.3 Å². The van der Waals surface area contributed by atoms with Crippen molar-refractivity contribution in [2.45, 2.75) is 13.5 Å². The maximum Gasteiger partial charge on any atom is 0.168 e. The Hall–Kier alpha value is -2.63. The van der Waals surface area contributed by atoms with Gasteiger partial charge in [0.1, 0.15) is 17.9 Å². The fraction of sp³-hybridized carbons (Fsp3) is 0.105. The largest absolute Gasteiger partial charge is 0.482 e. The van der Waals surface area contributed by atoms with Crippen LogP contribution in [0.4, 0.5) is 5.82 Å². The second-order valence-electron chi connectivity index (χ2n) is 5.85. The molecule has 0 atom stereocenters. The maximum absolute atomic E-state index is 6.34. The number of nitrogen functional groups attached to an aromatic ring is 1. The third-order valence-electron chi connectivity index (χ3n) is 4.00. The third-order valence-corrected chi connectivity index (χ3v) is 4.60. The van der Waals surface area contributed by atoms with Gasteiger partial charge in [0, 0.05) is 16.5 Å². The molecule has 0 radical (unpaired) electrons. The van der Waals surface area contributed by atoms with Gasteiger partial charge < -0.3 is 10.5 Å². The zero-order valence-electron chi connectivity index (χ0n) is 13.8. The molecule has 4 aromatic rings. The number of anilines is 1. The molecule has 2 aromatic heterocycles. The summed E-state index contributed by atoms with van der Waals surface area (Å²) in [5, 5.41) is 2.49. The lowest BCUT2D eigenvalue weighted by Gasteiger charge is -2.12. The van der Waals surface area contributed by atoms with Crippen molar-refractivity contribution in [1.29, 1.82) is 0 Å². The Kier molecular flexibility index (Phi) is 4.26. The van der Waals surface area contributed by atoms with Gasteiger partial charge in [0.05, 0.1) is 15.6 Å². The minimum absolute atomic E-state index is 0.112. The molecule has 5 nitrogen and oxygen atoms in total. The molecule has 0 saturated heterocycles. The predicted octanol–water partition coefficient (Wildman–Crippen LogP) is 4.95. The molecular formula is C19H14Cl2N4O. The van der Waals surface area contributed by atoms with Crippen LogP contribution in [0.3, 0.4) is 0 Å². The lowest BCUT2D eigenvalue weighted by atomic mass is 10.2. The minimum atomic E-state index is 0.112. The maximum atomic E-state index is 6.34. The van der Waals surface area contributed by atoms with Gasteiger partial charge in [0.25, 0.3) is 0 Å². The van der Waals surface area contributed by atoms with Crippen LogP contribution in [0, 0.1) is 6.92 Å². The zero-order chi connectivity index (χ0) is 18.3. The second kappa shape index (κ2) is 6.59. The second-order valence-corrected chi connectivity index (χ2v) is 6.66. The van der Waals surface area contributed by atoms with E-state index in [1.807, 2.05) is 43.3 Å². The fourth-order valence-corrected chi connectivity index (χ4v) is 3.35. The number of para-hydroxylation sites is 1. The molecule has 2 N–H and O–H groups in total.